The highest BCUT2D eigenvalue weighted by Gasteiger charge is 2.17. The molecular formula is C17H19ClN2O4. The number of halogens is 1. The van der Waals surface area contributed by atoms with Crippen LogP contribution in [0.15, 0.2) is 21.4 Å². The van der Waals surface area contributed by atoms with Crippen LogP contribution >= 0.6 is 11.6 Å². The Balaban J connectivity index is 2.34. The van der Waals surface area contributed by atoms with E-state index in [1.807, 2.05) is 13.8 Å². The first-order valence-corrected chi connectivity index (χ1v) is 7.87. The Morgan fingerprint density at radius 3 is 2.71 bits per heavy atom. The zero-order chi connectivity index (χ0) is 18.0. The average molecular weight is 351 g/mol. The van der Waals surface area contributed by atoms with E-state index in [2.05, 4.69) is 5.10 Å². The highest BCUT2D eigenvalue weighted by atomic mass is 35.5. The minimum absolute atomic E-state index is 0.229. The van der Waals surface area contributed by atoms with Gasteiger partial charge >= 0.3 is 5.63 Å². The number of hydrogen-bond acceptors (Lipinski definition) is 5. The molecule has 6 nitrogen and oxygen atoms in total. The second kappa shape index (κ2) is 7.05. The minimum Gasteiger partial charge on any atom is -0.507 e. The summed E-state index contributed by atoms with van der Waals surface area (Å²) in [6.45, 7) is 8.05. The van der Waals surface area contributed by atoms with Crippen molar-refractivity contribution in [3.63, 3.8) is 0 Å². The lowest BCUT2D eigenvalue weighted by Crippen LogP contribution is -2.12. The maximum Gasteiger partial charge on any atom is 0.351 e. The molecule has 24 heavy (non-hydrogen) atoms. The van der Waals surface area contributed by atoms with Crippen LogP contribution in [0.2, 0.25) is 5.15 Å². The predicted octanol–water partition coefficient (Wildman–Crippen LogP) is 3.36. The number of aryl methyl sites for hydroxylation is 2. The van der Waals surface area contributed by atoms with Crippen molar-refractivity contribution >= 4 is 23.5 Å². The van der Waals surface area contributed by atoms with Crippen LogP contribution < -0.4 is 5.63 Å². The Morgan fingerprint density at radius 2 is 2.12 bits per heavy atom. The molecule has 0 radical (unpaired) electrons. The van der Waals surface area contributed by atoms with E-state index >= 15 is 0 Å². The molecule has 2 rings (SSSR count). The molecule has 2 aromatic heterocycles. The van der Waals surface area contributed by atoms with Gasteiger partial charge in [0.25, 0.3) is 0 Å². The fourth-order valence-corrected chi connectivity index (χ4v) is 2.60. The second-order valence-electron chi connectivity index (χ2n) is 5.97. The van der Waals surface area contributed by atoms with E-state index in [0.29, 0.717) is 28.9 Å². The fourth-order valence-electron chi connectivity index (χ4n) is 2.29. The molecule has 0 unspecified atom stereocenters. The Bertz CT molecular complexity index is 862. The van der Waals surface area contributed by atoms with Gasteiger partial charge in [-0.05, 0) is 31.9 Å². The third-order valence-electron chi connectivity index (χ3n) is 3.35. The molecule has 0 bridgehead atoms. The molecule has 0 atom stereocenters. The van der Waals surface area contributed by atoms with E-state index in [-0.39, 0.29) is 5.76 Å². The van der Waals surface area contributed by atoms with Gasteiger partial charge < -0.3 is 9.52 Å². The zero-order valence-corrected chi connectivity index (χ0v) is 14.7. The summed E-state index contributed by atoms with van der Waals surface area (Å²) in [7, 11) is 0. The quantitative estimate of drug-likeness (QED) is 0.660. The summed E-state index contributed by atoms with van der Waals surface area (Å²) in [5.41, 5.74) is -0.00723. The van der Waals surface area contributed by atoms with Gasteiger partial charge in [0.2, 0.25) is 0 Å². The van der Waals surface area contributed by atoms with Crippen molar-refractivity contribution in [2.45, 2.75) is 34.2 Å². The van der Waals surface area contributed by atoms with E-state index in [4.69, 9.17) is 16.0 Å². The Kier molecular flexibility index (Phi) is 5.29. The molecule has 0 aromatic carbocycles. The summed E-state index contributed by atoms with van der Waals surface area (Å²) < 4.78 is 6.51. The number of ketones is 1. The van der Waals surface area contributed by atoms with Gasteiger partial charge in [0, 0.05) is 18.2 Å². The van der Waals surface area contributed by atoms with Crippen molar-refractivity contribution in [3.8, 4) is 5.75 Å². The van der Waals surface area contributed by atoms with Gasteiger partial charge in [-0.2, -0.15) is 5.10 Å². The molecule has 0 aliphatic heterocycles. The summed E-state index contributed by atoms with van der Waals surface area (Å²) in [6, 6.07) is 1.22. The summed E-state index contributed by atoms with van der Waals surface area (Å²) in [4.78, 5) is 24.0. The topological polar surface area (TPSA) is 85.3 Å². The number of nitrogens with zero attached hydrogens (tertiary/aromatic N) is 2. The van der Waals surface area contributed by atoms with E-state index in [1.54, 1.807) is 11.6 Å². The van der Waals surface area contributed by atoms with Crippen LogP contribution in [0.25, 0.3) is 6.08 Å². The Morgan fingerprint density at radius 1 is 1.46 bits per heavy atom. The summed E-state index contributed by atoms with van der Waals surface area (Å²) in [5.74, 6) is -0.466. The van der Waals surface area contributed by atoms with Gasteiger partial charge in [0.1, 0.15) is 22.2 Å². The second-order valence-corrected chi connectivity index (χ2v) is 6.33. The molecule has 2 heterocycles. The van der Waals surface area contributed by atoms with Gasteiger partial charge in [0.15, 0.2) is 5.78 Å². The highest BCUT2D eigenvalue weighted by molar-refractivity contribution is 6.31. The third-order valence-corrected chi connectivity index (χ3v) is 3.75. The van der Waals surface area contributed by atoms with E-state index in [9.17, 15) is 14.7 Å². The smallest absolute Gasteiger partial charge is 0.351 e. The third kappa shape index (κ3) is 3.76. The SMILES string of the molecule is Cc1cc(O)c(C(=O)/C=C/c2c(C)nn(CC(C)C)c2Cl)c(=O)o1. The van der Waals surface area contributed by atoms with Crippen LogP contribution in [0.4, 0.5) is 0 Å². The number of aromatic hydroxyl groups is 1. The highest BCUT2D eigenvalue weighted by Crippen LogP contribution is 2.23. The van der Waals surface area contributed by atoms with Gasteiger partial charge in [-0.15, -0.1) is 0 Å². The number of carbonyl (C=O) groups is 1. The molecule has 0 fully saturated rings. The fraction of sp³-hybridized carbons (Fsp3) is 0.353. The van der Waals surface area contributed by atoms with Crippen LogP contribution in [0.3, 0.4) is 0 Å². The molecule has 0 spiro atoms. The first kappa shape index (κ1) is 18.0. The van der Waals surface area contributed by atoms with Gasteiger partial charge in [-0.1, -0.05) is 25.4 Å². The molecule has 7 heteroatoms. The van der Waals surface area contributed by atoms with Crippen LogP contribution in [-0.2, 0) is 6.54 Å². The summed E-state index contributed by atoms with van der Waals surface area (Å²) in [6.07, 6.45) is 2.67. The number of carbonyl (C=O) groups excluding carboxylic acids is 1. The monoisotopic (exact) mass is 350 g/mol. The first-order chi connectivity index (χ1) is 11.2. The van der Waals surface area contributed by atoms with Crippen molar-refractivity contribution in [3.05, 3.63) is 50.3 Å². The van der Waals surface area contributed by atoms with Crippen molar-refractivity contribution in [1.29, 1.82) is 0 Å². The largest absolute Gasteiger partial charge is 0.507 e. The average Bonchev–Trinajstić information content (AvgIpc) is 2.69. The maximum atomic E-state index is 12.2. The van der Waals surface area contributed by atoms with Gasteiger partial charge in [0.05, 0.1) is 5.69 Å². The molecule has 1 N–H and O–H groups in total. The molecule has 0 aliphatic carbocycles. The lowest BCUT2D eigenvalue weighted by molar-refractivity contribution is 0.104. The number of allylic oxidation sites excluding steroid dienone is 1. The van der Waals surface area contributed by atoms with E-state index in [0.717, 1.165) is 0 Å². The van der Waals surface area contributed by atoms with E-state index in [1.165, 1.54) is 25.1 Å². The number of aromatic nitrogens is 2. The molecule has 0 saturated carbocycles. The number of hydrogen-bond donors (Lipinski definition) is 1. The molecular weight excluding hydrogens is 332 g/mol. The lowest BCUT2D eigenvalue weighted by atomic mass is 10.1. The molecule has 128 valence electrons. The summed E-state index contributed by atoms with van der Waals surface area (Å²) >= 11 is 6.29. The van der Waals surface area contributed by atoms with E-state index < -0.39 is 22.7 Å². The first-order valence-electron chi connectivity index (χ1n) is 7.49. The van der Waals surface area contributed by atoms with Crippen LogP contribution in [0.5, 0.6) is 5.75 Å². The predicted molar refractivity (Wildman–Crippen MR) is 91.6 cm³/mol. The van der Waals surface area contributed by atoms with Crippen molar-refractivity contribution in [2.24, 2.45) is 5.92 Å². The van der Waals surface area contributed by atoms with Crippen LogP contribution in [-0.4, -0.2) is 20.7 Å². The van der Waals surface area contributed by atoms with Crippen molar-refractivity contribution < 1.29 is 14.3 Å². The molecule has 2 aromatic rings. The summed E-state index contributed by atoms with van der Waals surface area (Å²) in [5, 5.41) is 14.6. The zero-order valence-electron chi connectivity index (χ0n) is 14.0. The van der Waals surface area contributed by atoms with Crippen LogP contribution in [0, 0.1) is 19.8 Å². The minimum atomic E-state index is -0.875. The van der Waals surface area contributed by atoms with Crippen molar-refractivity contribution in [2.75, 3.05) is 0 Å². The van der Waals surface area contributed by atoms with Crippen LogP contribution in [0.1, 0.15) is 41.2 Å². The number of rotatable bonds is 5. The van der Waals surface area contributed by atoms with Gasteiger partial charge in [-0.3, -0.25) is 9.48 Å². The normalized spacial score (nSPS) is 11.6. The van der Waals surface area contributed by atoms with Gasteiger partial charge in [-0.25, -0.2) is 4.79 Å². The maximum absolute atomic E-state index is 12.2. The molecule has 0 aliphatic rings. The molecule has 0 amide bonds. The van der Waals surface area contributed by atoms with Crippen molar-refractivity contribution in [1.82, 2.24) is 9.78 Å². The standard InChI is InChI=1S/C17H19ClN2O4/c1-9(2)8-20-16(18)12(11(4)19-20)5-6-13(21)15-14(22)7-10(3)24-17(15)23/h5-7,9,22H,8H2,1-4H3/b6-5+. The Hall–Kier alpha value is -2.34. The Labute approximate surface area is 144 Å². The molecule has 0 saturated heterocycles. The lowest BCUT2D eigenvalue weighted by Gasteiger charge is -2.05.